The van der Waals surface area contributed by atoms with Crippen LogP contribution in [-0.4, -0.2) is 37.5 Å². The Bertz CT molecular complexity index is 948. The molecule has 0 aromatic heterocycles. The summed E-state index contributed by atoms with van der Waals surface area (Å²) in [6, 6.07) is 9.16. The highest BCUT2D eigenvalue weighted by Gasteiger charge is 2.33. The lowest BCUT2D eigenvalue weighted by Crippen LogP contribution is -2.25. The minimum Gasteiger partial charge on any atom is -0.373 e. The summed E-state index contributed by atoms with van der Waals surface area (Å²) >= 11 is 0. The van der Waals surface area contributed by atoms with E-state index < -0.39 is 17.6 Å². The van der Waals surface area contributed by atoms with Gasteiger partial charge in [-0.2, -0.15) is 13.2 Å². The van der Waals surface area contributed by atoms with Gasteiger partial charge in [0.2, 0.25) is 5.91 Å². The molecule has 4 nitrogen and oxygen atoms in total. The predicted molar refractivity (Wildman–Crippen MR) is 127 cm³/mol. The van der Waals surface area contributed by atoms with Crippen molar-refractivity contribution in [3.8, 4) is 0 Å². The highest BCUT2D eigenvalue weighted by atomic mass is 19.4. The molecule has 0 radical (unpaired) electrons. The van der Waals surface area contributed by atoms with Crippen LogP contribution in [0.25, 0.3) is 0 Å². The molecular weight excluding hydrogens is 446 g/mol. The van der Waals surface area contributed by atoms with Crippen molar-refractivity contribution in [2.75, 3.05) is 26.7 Å². The molecule has 0 atom stereocenters. The second kappa shape index (κ2) is 13.1. The van der Waals surface area contributed by atoms with Crippen molar-refractivity contribution < 1.29 is 22.4 Å². The summed E-state index contributed by atoms with van der Waals surface area (Å²) in [6.07, 6.45) is 1.01. The van der Waals surface area contributed by atoms with Gasteiger partial charge in [0, 0.05) is 20.1 Å². The van der Waals surface area contributed by atoms with Crippen LogP contribution >= 0.6 is 0 Å². The fraction of sp³-hybridized carbons (Fsp3) is 0.423. The number of amides is 1. The Hall–Kier alpha value is -2.87. The predicted octanol–water partition coefficient (Wildman–Crippen LogP) is 5.00. The number of benzene rings is 2. The van der Waals surface area contributed by atoms with Gasteiger partial charge in [-0.3, -0.25) is 4.79 Å². The van der Waals surface area contributed by atoms with Gasteiger partial charge in [0.25, 0.3) is 0 Å². The molecule has 34 heavy (non-hydrogen) atoms. The number of carbonyl (C=O) groups is 1. The summed E-state index contributed by atoms with van der Waals surface area (Å²) < 4.78 is 49.6. The maximum atomic E-state index is 13.0. The smallest absolute Gasteiger partial charge is 0.373 e. The topological polar surface area (TPSA) is 44.4 Å². The summed E-state index contributed by atoms with van der Waals surface area (Å²) in [5, 5.41) is 5.52. The van der Waals surface area contributed by atoms with E-state index in [1.54, 1.807) is 0 Å². The third kappa shape index (κ3) is 8.82. The SMILES string of the molecule is C1CCNC1.C=CN1CCc2cc(C)ccc2C1.CNC(=O)Cc1ccc(C(F)(F)F)c(F)c1. The quantitative estimate of drug-likeness (QED) is 0.609. The first-order valence-electron chi connectivity index (χ1n) is 11.4. The molecule has 0 spiro atoms. The molecule has 8 heteroatoms. The average Bonchev–Trinajstić information content (AvgIpc) is 3.38. The molecule has 4 rings (SSSR count). The van der Waals surface area contributed by atoms with Crippen LogP contribution in [0.3, 0.4) is 0 Å². The zero-order valence-corrected chi connectivity index (χ0v) is 19.8. The summed E-state index contributed by atoms with van der Waals surface area (Å²) in [7, 11) is 1.39. The number of halogens is 4. The number of likely N-dealkylation sites (N-methyl/N-ethyl adjacent to an activating group) is 1. The number of nitrogens with one attached hydrogen (secondary N) is 2. The minimum atomic E-state index is -4.71. The third-order valence-electron chi connectivity index (χ3n) is 5.60. The fourth-order valence-corrected chi connectivity index (χ4v) is 3.66. The highest BCUT2D eigenvalue weighted by Crippen LogP contribution is 2.31. The van der Waals surface area contributed by atoms with Crippen molar-refractivity contribution in [2.24, 2.45) is 0 Å². The zero-order chi connectivity index (χ0) is 25.1. The lowest BCUT2D eigenvalue weighted by molar-refractivity contribution is -0.140. The number of rotatable bonds is 3. The van der Waals surface area contributed by atoms with Gasteiger partial charge < -0.3 is 15.5 Å². The molecule has 2 aromatic carbocycles. The van der Waals surface area contributed by atoms with Crippen LogP contribution in [0.4, 0.5) is 17.6 Å². The average molecular weight is 480 g/mol. The van der Waals surface area contributed by atoms with Crippen molar-refractivity contribution in [1.82, 2.24) is 15.5 Å². The van der Waals surface area contributed by atoms with E-state index in [0.29, 0.717) is 6.07 Å². The van der Waals surface area contributed by atoms with Gasteiger partial charge in [-0.05, 0) is 74.3 Å². The number of aryl methyl sites for hydroxylation is 1. The van der Waals surface area contributed by atoms with Gasteiger partial charge in [-0.1, -0.05) is 36.4 Å². The van der Waals surface area contributed by atoms with Crippen molar-refractivity contribution in [3.05, 3.63) is 82.8 Å². The molecular formula is C26H33F4N3O. The molecule has 0 unspecified atom stereocenters. The lowest BCUT2D eigenvalue weighted by Gasteiger charge is -2.27. The molecule has 0 aliphatic carbocycles. The Labute approximate surface area is 199 Å². The van der Waals surface area contributed by atoms with Gasteiger partial charge in [0.1, 0.15) is 5.82 Å². The summed E-state index contributed by atoms with van der Waals surface area (Å²) in [5.41, 5.74) is 3.21. The molecule has 2 heterocycles. The number of nitrogens with zero attached hydrogens (tertiary/aromatic N) is 1. The molecule has 1 saturated heterocycles. The molecule has 2 aliphatic rings. The van der Waals surface area contributed by atoms with Gasteiger partial charge in [0.05, 0.1) is 12.0 Å². The van der Waals surface area contributed by atoms with E-state index in [1.807, 2.05) is 6.20 Å². The minimum absolute atomic E-state index is 0.147. The lowest BCUT2D eigenvalue weighted by atomic mass is 9.98. The Morgan fingerprint density at radius 2 is 1.85 bits per heavy atom. The van der Waals surface area contributed by atoms with E-state index in [1.165, 1.54) is 49.7 Å². The van der Waals surface area contributed by atoms with Crippen molar-refractivity contribution in [2.45, 2.75) is 45.3 Å². The fourth-order valence-electron chi connectivity index (χ4n) is 3.66. The summed E-state index contributed by atoms with van der Waals surface area (Å²) in [4.78, 5) is 13.2. The van der Waals surface area contributed by atoms with E-state index in [4.69, 9.17) is 0 Å². The second-order valence-electron chi connectivity index (χ2n) is 8.29. The first kappa shape index (κ1) is 27.4. The number of hydrogen-bond acceptors (Lipinski definition) is 3. The van der Waals surface area contributed by atoms with Crippen LogP contribution in [0.15, 0.2) is 49.2 Å². The number of fused-ring (bicyclic) bond motifs is 1. The van der Waals surface area contributed by atoms with E-state index in [0.717, 1.165) is 31.6 Å². The van der Waals surface area contributed by atoms with Crippen LogP contribution in [0.1, 0.15) is 40.7 Å². The third-order valence-corrected chi connectivity index (χ3v) is 5.60. The molecule has 0 bridgehead atoms. The molecule has 0 saturated carbocycles. The van der Waals surface area contributed by atoms with Crippen LogP contribution in [0.2, 0.25) is 0 Å². The first-order valence-corrected chi connectivity index (χ1v) is 11.4. The van der Waals surface area contributed by atoms with Crippen molar-refractivity contribution in [1.29, 1.82) is 0 Å². The first-order chi connectivity index (χ1) is 16.1. The Morgan fingerprint density at radius 3 is 2.38 bits per heavy atom. The standard InChI is InChI=1S/C12H15N.C10H9F4NO.C4H9N/c1-3-13-7-6-11-8-10(2)4-5-12(11)9-13;1-15-9(16)5-6-2-3-7(8(11)4-6)10(12,13)14;1-2-4-5-3-1/h3-5,8H,1,6-7,9H2,2H3;2-4H,5H2,1H3,(H,15,16);5H,1-4H2. The van der Waals surface area contributed by atoms with Crippen molar-refractivity contribution >= 4 is 5.91 Å². The van der Waals surface area contributed by atoms with Gasteiger partial charge >= 0.3 is 6.18 Å². The Kier molecular flexibility index (Phi) is 10.6. The van der Waals surface area contributed by atoms with Crippen LogP contribution < -0.4 is 10.6 Å². The van der Waals surface area contributed by atoms with Gasteiger partial charge in [-0.25, -0.2) is 4.39 Å². The molecule has 2 aromatic rings. The van der Waals surface area contributed by atoms with Crippen molar-refractivity contribution in [3.63, 3.8) is 0 Å². The summed E-state index contributed by atoms with van der Waals surface area (Å²) in [5.74, 6) is -1.76. The van der Waals surface area contributed by atoms with Gasteiger partial charge in [-0.15, -0.1) is 0 Å². The van der Waals surface area contributed by atoms with E-state index in [-0.39, 0.29) is 17.9 Å². The second-order valence-corrected chi connectivity index (χ2v) is 8.29. The Morgan fingerprint density at radius 1 is 1.15 bits per heavy atom. The number of alkyl halides is 3. The van der Waals surface area contributed by atoms with Crippen LogP contribution in [0, 0.1) is 12.7 Å². The zero-order valence-electron chi connectivity index (χ0n) is 19.8. The van der Waals surface area contributed by atoms with Gasteiger partial charge in [0.15, 0.2) is 0 Å². The molecule has 2 aliphatic heterocycles. The molecule has 186 valence electrons. The number of carbonyl (C=O) groups excluding carboxylic acids is 1. The van der Waals surface area contributed by atoms with E-state index >= 15 is 0 Å². The Balaban J connectivity index is 0.000000202. The van der Waals surface area contributed by atoms with E-state index in [2.05, 4.69) is 47.2 Å². The highest BCUT2D eigenvalue weighted by molar-refractivity contribution is 5.78. The molecule has 1 fully saturated rings. The molecule has 1 amide bonds. The maximum Gasteiger partial charge on any atom is 0.419 e. The van der Waals surface area contributed by atoms with E-state index in [9.17, 15) is 22.4 Å². The van der Waals surface area contributed by atoms with Crippen LogP contribution in [0.5, 0.6) is 0 Å². The monoisotopic (exact) mass is 479 g/mol. The largest absolute Gasteiger partial charge is 0.419 e. The summed E-state index contributed by atoms with van der Waals surface area (Å²) in [6.45, 7) is 10.6. The van der Waals surface area contributed by atoms with Crippen LogP contribution in [-0.2, 0) is 30.4 Å². The maximum absolute atomic E-state index is 13.0. The normalized spacial score (nSPS) is 14.7. The number of hydrogen-bond donors (Lipinski definition) is 2. The molecule has 2 N–H and O–H groups in total.